The van der Waals surface area contributed by atoms with Gasteiger partial charge in [0.25, 0.3) is 5.91 Å². The molecule has 3 N–H and O–H groups in total. The van der Waals surface area contributed by atoms with Gasteiger partial charge in [-0.05, 0) is 43.9 Å². The first-order valence-electron chi connectivity index (χ1n) is 9.23. The van der Waals surface area contributed by atoms with E-state index in [0.29, 0.717) is 18.4 Å². The Morgan fingerprint density at radius 2 is 1.88 bits per heavy atom. The number of carbonyl (C=O) groups excluding carboxylic acids is 2. The zero-order valence-electron chi connectivity index (χ0n) is 14.3. The quantitative estimate of drug-likeness (QED) is 0.800. The molecule has 4 rings (SSSR count). The van der Waals surface area contributed by atoms with E-state index >= 15 is 0 Å². The van der Waals surface area contributed by atoms with Crippen LogP contribution in [-0.2, 0) is 4.79 Å². The molecular formula is C19H24N4O2. The van der Waals surface area contributed by atoms with Gasteiger partial charge < -0.3 is 10.6 Å². The van der Waals surface area contributed by atoms with Crippen molar-refractivity contribution in [1.82, 2.24) is 20.8 Å². The SMILES string of the molecule is O=C(NC1(C(=O)NC2CCCC2)CCCC1)c1ccc2[nH]ncc2c1. The molecule has 2 aliphatic carbocycles. The summed E-state index contributed by atoms with van der Waals surface area (Å²) in [7, 11) is 0. The predicted molar refractivity (Wildman–Crippen MR) is 95.2 cm³/mol. The van der Waals surface area contributed by atoms with Crippen molar-refractivity contribution in [2.24, 2.45) is 0 Å². The molecule has 132 valence electrons. The molecule has 0 unspecified atom stereocenters. The highest BCUT2D eigenvalue weighted by Crippen LogP contribution is 2.31. The molecule has 2 aliphatic rings. The van der Waals surface area contributed by atoms with Crippen LogP contribution in [0, 0.1) is 0 Å². The minimum Gasteiger partial charge on any atom is -0.351 e. The summed E-state index contributed by atoms with van der Waals surface area (Å²) in [5, 5.41) is 14.0. The molecular weight excluding hydrogens is 316 g/mol. The monoisotopic (exact) mass is 340 g/mol. The van der Waals surface area contributed by atoms with Gasteiger partial charge in [-0.25, -0.2) is 0 Å². The molecule has 1 aromatic heterocycles. The Labute approximate surface area is 146 Å². The number of nitrogens with one attached hydrogen (secondary N) is 3. The van der Waals surface area contributed by atoms with Gasteiger partial charge in [-0.1, -0.05) is 25.7 Å². The Morgan fingerprint density at radius 3 is 2.64 bits per heavy atom. The van der Waals surface area contributed by atoms with E-state index < -0.39 is 5.54 Å². The summed E-state index contributed by atoms with van der Waals surface area (Å²) in [5.74, 6) is -0.193. The molecule has 1 aromatic carbocycles. The van der Waals surface area contributed by atoms with Crippen molar-refractivity contribution in [3.63, 3.8) is 0 Å². The van der Waals surface area contributed by atoms with E-state index in [1.807, 2.05) is 12.1 Å². The lowest BCUT2D eigenvalue weighted by atomic mass is 9.94. The van der Waals surface area contributed by atoms with Gasteiger partial charge in [0.15, 0.2) is 0 Å². The number of hydrogen-bond donors (Lipinski definition) is 3. The van der Waals surface area contributed by atoms with Crippen molar-refractivity contribution in [1.29, 1.82) is 0 Å². The third-order valence-electron chi connectivity index (χ3n) is 5.64. The smallest absolute Gasteiger partial charge is 0.252 e. The summed E-state index contributed by atoms with van der Waals surface area (Å²) >= 11 is 0. The van der Waals surface area contributed by atoms with E-state index in [9.17, 15) is 9.59 Å². The summed E-state index contributed by atoms with van der Waals surface area (Å²) in [5.41, 5.74) is 0.699. The zero-order chi connectivity index (χ0) is 17.3. The molecule has 2 aromatic rings. The van der Waals surface area contributed by atoms with Gasteiger partial charge in [0, 0.05) is 17.0 Å². The highest BCUT2D eigenvalue weighted by molar-refractivity contribution is 6.01. The summed E-state index contributed by atoms with van der Waals surface area (Å²) in [6.07, 6.45) is 9.52. The van der Waals surface area contributed by atoms with Crippen LogP contribution in [0.1, 0.15) is 61.7 Å². The Hall–Kier alpha value is -2.37. The highest BCUT2D eigenvalue weighted by Gasteiger charge is 2.43. The number of rotatable bonds is 4. The van der Waals surface area contributed by atoms with E-state index in [0.717, 1.165) is 36.6 Å². The summed E-state index contributed by atoms with van der Waals surface area (Å²) < 4.78 is 0. The molecule has 2 amide bonds. The minimum atomic E-state index is -0.759. The van der Waals surface area contributed by atoms with Crippen LogP contribution in [0.2, 0.25) is 0 Å². The molecule has 0 spiro atoms. The molecule has 6 nitrogen and oxygen atoms in total. The van der Waals surface area contributed by atoms with Crippen LogP contribution < -0.4 is 10.6 Å². The molecule has 6 heteroatoms. The molecule has 2 saturated carbocycles. The fraction of sp³-hybridized carbons (Fsp3) is 0.526. The molecule has 0 bridgehead atoms. The Balaban J connectivity index is 1.52. The number of benzene rings is 1. The van der Waals surface area contributed by atoms with Gasteiger partial charge >= 0.3 is 0 Å². The van der Waals surface area contributed by atoms with Gasteiger partial charge in [0.1, 0.15) is 5.54 Å². The van der Waals surface area contributed by atoms with Crippen LogP contribution in [0.3, 0.4) is 0 Å². The zero-order valence-corrected chi connectivity index (χ0v) is 14.3. The van der Waals surface area contributed by atoms with Crippen molar-refractivity contribution in [2.75, 3.05) is 0 Å². The standard InChI is InChI=1S/C19H24N4O2/c24-17(13-7-8-16-14(11-13)12-20-23-16)22-19(9-3-4-10-19)18(25)21-15-5-1-2-6-15/h7-8,11-12,15H,1-6,9-10H2,(H,20,23)(H,21,25)(H,22,24). The van der Waals surface area contributed by atoms with Crippen molar-refractivity contribution >= 4 is 22.7 Å². The van der Waals surface area contributed by atoms with Crippen molar-refractivity contribution < 1.29 is 9.59 Å². The van der Waals surface area contributed by atoms with E-state index in [1.165, 1.54) is 12.8 Å². The van der Waals surface area contributed by atoms with E-state index in [1.54, 1.807) is 12.3 Å². The number of aromatic nitrogens is 2. The second kappa shape index (κ2) is 6.50. The predicted octanol–water partition coefficient (Wildman–Crippen LogP) is 2.66. The number of hydrogen-bond acceptors (Lipinski definition) is 3. The van der Waals surface area contributed by atoms with E-state index in [-0.39, 0.29) is 17.9 Å². The molecule has 0 saturated heterocycles. The number of nitrogens with zero attached hydrogens (tertiary/aromatic N) is 1. The lowest BCUT2D eigenvalue weighted by Crippen LogP contribution is -2.58. The van der Waals surface area contributed by atoms with Crippen LogP contribution in [-0.4, -0.2) is 33.6 Å². The molecule has 0 atom stereocenters. The first-order chi connectivity index (χ1) is 12.2. The average molecular weight is 340 g/mol. The first-order valence-corrected chi connectivity index (χ1v) is 9.23. The lowest BCUT2D eigenvalue weighted by molar-refractivity contribution is -0.127. The maximum atomic E-state index is 12.9. The Morgan fingerprint density at radius 1 is 1.12 bits per heavy atom. The maximum absolute atomic E-state index is 12.9. The first kappa shape index (κ1) is 16.1. The largest absolute Gasteiger partial charge is 0.351 e. The Bertz CT molecular complexity index is 786. The minimum absolute atomic E-state index is 0.00496. The fourth-order valence-corrected chi connectivity index (χ4v) is 4.15. The fourth-order valence-electron chi connectivity index (χ4n) is 4.15. The van der Waals surface area contributed by atoms with Crippen molar-refractivity contribution in [3.05, 3.63) is 30.0 Å². The lowest BCUT2D eigenvalue weighted by Gasteiger charge is -2.30. The van der Waals surface area contributed by atoms with Crippen LogP contribution in [0.4, 0.5) is 0 Å². The van der Waals surface area contributed by atoms with E-state index in [2.05, 4.69) is 20.8 Å². The Kier molecular flexibility index (Phi) is 4.19. The molecule has 25 heavy (non-hydrogen) atoms. The van der Waals surface area contributed by atoms with Gasteiger partial charge in [0.2, 0.25) is 5.91 Å². The molecule has 1 heterocycles. The van der Waals surface area contributed by atoms with Crippen LogP contribution >= 0.6 is 0 Å². The summed E-state index contributed by atoms with van der Waals surface area (Å²) in [6, 6.07) is 5.69. The molecule has 0 aliphatic heterocycles. The third kappa shape index (κ3) is 3.13. The van der Waals surface area contributed by atoms with Crippen molar-refractivity contribution in [3.8, 4) is 0 Å². The van der Waals surface area contributed by atoms with Gasteiger partial charge in [-0.2, -0.15) is 5.10 Å². The number of fused-ring (bicyclic) bond motifs is 1. The molecule has 0 radical (unpaired) electrons. The molecule has 2 fully saturated rings. The number of carbonyl (C=O) groups is 2. The second-order valence-corrected chi connectivity index (χ2v) is 7.37. The average Bonchev–Trinajstić information content (AvgIpc) is 3.36. The van der Waals surface area contributed by atoms with Gasteiger partial charge in [-0.3, -0.25) is 14.7 Å². The normalized spacial score (nSPS) is 20.0. The number of aromatic amines is 1. The topological polar surface area (TPSA) is 86.9 Å². The summed E-state index contributed by atoms with van der Waals surface area (Å²) in [4.78, 5) is 25.7. The van der Waals surface area contributed by atoms with Crippen LogP contribution in [0.25, 0.3) is 10.9 Å². The van der Waals surface area contributed by atoms with E-state index in [4.69, 9.17) is 0 Å². The van der Waals surface area contributed by atoms with Gasteiger partial charge in [-0.15, -0.1) is 0 Å². The maximum Gasteiger partial charge on any atom is 0.252 e. The van der Waals surface area contributed by atoms with Crippen LogP contribution in [0.5, 0.6) is 0 Å². The third-order valence-corrected chi connectivity index (χ3v) is 5.64. The number of amides is 2. The second-order valence-electron chi connectivity index (χ2n) is 7.37. The van der Waals surface area contributed by atoms with Crippen molar-refractivity contribution in [2.45, 2.75) is 62.9 Å². The number of H-pyrrole nitrogens is 1. The summed E-state index contributed by atoms with van der Waals surface area (Å²) in [6.45, 7) is 0. The highest BCUT2D eigenvalue weighted by atomic mass is 16.2. The van der Waals surface area contributed by atoms with Gasteiger partial charge in [0.05, 0.1) is 11.7 Å². The van der Waals surface area contributed by atoms with Crippen LogP contribution in [0.15, 0.2) is 24.4 Å².